The van der Waals surface area contributed by atoms with Gasteiger partial charge in [0, 0.05) is 10.6 Å². The minimum absolute atomic E-state index is 0.240. The van der Waals surface area contributed by atoms with Crippen LogP contribution in [0.25, 0.3) is 0 Å². The Morgan fingerprint density at radius 3 is 2.44 bits per heavy atom. The van der Waals surface area contributed by atoms with E-state index < -0.39 is 23.8 Å². The first-order chi connectivity index (χ1) is 12.8. The molecule has 1 aromatic carbocycles. The predicted molar refractivity (Wildman–Crippen MR) is 104 cm³/mol. The van der Waals surface area contributed by atoms with Crippen molar-refractivity contribution in [1.29, 1.82) is 0 Å². The lowest BCUT2D eigenvalue weighted by Crippen LogP contribution is -2.25. The second-order valence-corrected chi connectivity index (χ2v) is 7.26. The number of rotatable bonds is 7. The Balaban J connectivity index is 2.22. The van der Waals surface area contributed by atoms with Gasteiger partial charge in [0.05, 0.1) is 23.9 Å². The zero-order valence-electron chi connectivity index (χ0n) is 16.0. The molecular weight excluding hydrogens is 366 g/mol. The molecule has 2 aromatic rings. The lowest BCUT2D eigenvalue weighted by molar-refractivity contribution is 0.0313. The molecule has 0 aliphatic carbocycles. The third kappa shape index (κ3) is 4.42. The van der Waals surface area contributed by atoms with E-state index in [1.165, 1.54) is 25.8 Å². The first kappa shape index (κ1) is 20.8. The van der Waals surface area contributed by atoms with Crippen molar-refractivity contribution in [1.82, 2.24) is 4.98 Å². The number of hydrogen-bond donors (Lipinski definition) is 1. The quantitative estimate of drug-likeness (QED) is 0.438. The molecule has 0 saturated carbocycles. The molecule has 0 amide bonds. The normalized spacial score (nSPS) is 11.7. The molecule has 1 atom stereocenters. The van der Waals surface area contributed by atoms with Crippen molar-refractivity contribution >= 4 is 29.5 Å². The summed E-state index contributed by atoms with van der Waals surface area (Å²) in [7, 11) is 1.28. The highest BCUT2D eigenvalue weighted by atomic mass is 32.2. The summed E-state index contributed by atoms with van der Waals surface area (Å²) >= 11 is 1.53. The summed E-state index contributed by atoms with van der Waals surface area (Å²) in [6, 6.07) is 7.13. The van der Waals surface area contributed by atoms with E-state index >= 15 is 0 Å². The largest absolute Gasteiger partial charge is 0.465 e. The van der Waals surface area contributed by atoms with E-state index in [0.717, 1.165) is 10.6 Å². The van der Waals surface area contributed by atoms with Crippen LogP contribution in [0.2, 0.25) is 0 Å². The zero-order chi connectivity index (χ0) is 20.1. The van der Waals surface area contributed by atoms with Gasteiger partial charge in [-0.3, -0.25) is 4.79 Å². The number of Topliss-reactive ketones (excluding diaryl/α,β-unsaturated/α-hetero) is 1. The second kappa shape index (κ2) is 8.90. The number of esters is 2. The minimum Gasteiger partial charge on any atom is -0.465 e. The number of ketones is 1. The Labute approximate surface area is 162 Å². The van der Waals surface area contributed by atoms with Gasteiger partial charge in [-0.1, -0.05) is 19.1 Å². The molecular formula is C20H23NO5S. The van der Waals surface area contributed by atoms with Crippen LogP contribution in [0, 0.1) is 13.8 Å². The number of thioether (sulfide) groups is 1. The number of benzene rings is 1. The third-order valence-corrected chi connectivity index (χ3v) is 5.09. The van der Waals surface area contributed by atoms with Crippen LogP contribution in [0.3, 0.4) is 0 Å². The van der Waals surface area contributed by atoms with E-state index in [1.807, 2.05) is 19.1 Å². The number of aromatic amines is 1. The molecule has 144 valence electrons. The van der Waals surface area contributed by atoms with E-state index in [1.54, 1.807) is 26.0 Å². The van der Waals surface area contributed by atoms with Crippen molar-refractivity contribution in [2.24, 2.45) is 0 Å². The van der Waals surface area contributed by atoms with Crippen LogP contribution in [0.15, 0.2) is 29.2 Å². The predicted octanol–water partition coefficient (Wildman–Crippen LogP) is 3.96. The average Bonchev–Trinajstić information content (AvgIpc) is 2.95. The molecule has 6 nitrogen and oxygen atoms in total. The number of carbonyl (C=O) groups is 3. The number of nitrogens with one attached hydrogen (secondary N) is 1. The van der Waals surface area contributed by atoms with Crippen molar-refractivity contribution in [3.63, 3.8) is 0 Å². The highest BCUT2D eigenvalue weighted by Crippen LogP contribution is 2.24. The zero-order valence-corrected chi connectivity index (χ0v) is 16.9. The second-order valence-electron chi connectivity index (χ2n) is 5.96. The standard InChI is InChI=1S/C20H23NO5S/c1-6-27-15-10-8-7-9-14(15)19(23)26-13(4)18(22)17-11(2)16(12(3)21-17)20(24)25-5/h7-10,13,21H,6H2,1-5H3/t13-/m0/s1. The lowest BCUT2D eigenvalue weighted by Gasteiger charge is -2.14. The van der Waals surface area contributed by atoms with Crippen LogP contribution in [0.5, 0.6) is 0 Å². The van der Waals surface area contributed by atoms with Gasteiger partial charge in [-0.15, -0.1) is 11.8 Å². The minimum atomic E-state index is -1.00. The summed E-state index contributed by atoms with van der Waals surface area (Å²) < 4.78 is 10.1. The molecule has 0 spiro atoms. The summed E-state index contributed by atoms with van der Waals surface area (Å²) in [4.78, 5) is 40.9. The fourth-order valence-electron chi connectivity index (χ4n) is 2.80. The molecule has 1 aromatic heterocycles. The van der Waals surface area contributed by atoms with E-state index in [0.29, 0.717) is 22.4 Å². The number of carbonyl (C=O) groups excluding carboxylic acids is 3. The van der Waals surface area contributed by atoms with Crippen molar-refractivity contribution in [2.45, 2.75) is 38.7 Å². The molecule has 7 heteroatoms. The van der Waals surface area contributed by atoms with E-state index in [9.17, 15) is 14.4 Å². The maximum atomic E-state index is 12.8. The number of methoxy groups -OCH3 is 1. The number of ether oxygens (including phenoxy) is 2. The lowest BCUT2D eigenvalue weighted by atomic mass is 10.1. The third-order valence-electron chi connectivity index (χ3n) is 4.13. The van der Waals surface area contributed by atoms with Crippen molar-refractivity contribution in [3.05, 3.63) is 52.3 Å². The van der Waals surface area contributed by atoms with Crippen LogP contribution in [0.1, 0.15) is 56.3 Å². The van der Waals surface area contributed by atoms with Crippen molar-refractivity contribution in [3.8, 4) is 0 Å². The van der Waals surface area contributed by atoms with Gasteiger partial charge >= 0.3 is 11.9 Å². The van der Waals surface area contributed by atoms with Gasteiger partial charge in [0.25, 0.3) is 0 Å². The summed E-state index contributed by atoms with van der Waals surface area (Å²) in [6.45, 7) is 6.85. The van der Waals surface area contributed by atoms with Crippen LogP contribution in [-0.2, 0) is 9.47 Å². The van der Waals surface area contributed by atoms with Gasteiger partial charge < -0.3 is 14.5 Å². The molecule has 0 radical (unpaired) electrons. The Morgan fingerprint density at radius 2 is 1.81 bits per heavy atom. The summed E-state index contributed by atoms with van der Waals surface area (Å²) in [5.41, 5.74) is 2.01. The smallest absolute Gasteiger partial charge is 0.339 e. The molecule has 27 heavy (non-hydrogen) atoms. The van der Waals surface area contributed by atoms with Gasteiger partial charge in [-0.2, -0.15) is 0 Å². The van der Waals surface area contributed by atoms with Crippen molar-refractivity contribution < 1.29 is 23.9 Å². The molecule has 0 aliphatic rings. The number of aryl methyl sites for hydroxylation is 1. The Hall–Kier alpha value is -2.54. The summed E-state index contributed by atoms with van der Waals surface area (Å²) in [5, 5.41) is 0. The fraction of sp³-hybridized carbons (Fsp3) is 0.350. The summed E-state index contributed by atoms with van der Waals surface area (Å²) in [5.74, 6) is -0.660. The van der Waals surface area contributed by atoms with Gasteiger partial charge in [-0.05, 0) is 44.2 Å². The molecule has 0 fully saturated rings. The van der Waals surface area contributed by atoms with Crippen LogP contribution in [-0.4, -0.2) is 41.7 Å². The first-order valence-electron chi connectivity index (χ1n) is 8.56. The van der Waals surface area contributed by atoms with E-state index in [-0.39, 0.29) is 5.69 Å². The summed E-state index contributed by atoms with van der Waals surface area (Å²) in [6.07, 6.45) is -1.00. The van der Waals surface area contributed by atoms with Crippen molar-refractivity contribution in [2.75, 3.05) is 12.9 Å². The highest BCUT2D eigenvalue weighted by Gasteiger charge is 2.28. The average molecular weight is 389 g/mol. The van der Waals surface area contributed by atoms with Gasteiger partial charge in [0.2, 0.25) is 5.78 Å². The maximum absolute atomic E-state index is 12.8. The maximum Gasteiger partial charge on any atom is 0.339 e. The fourth-order valence-corrected chi connectivity index (χ4v) is 3.59. The molecule has 1 heterocycles. The molecule has 2 rings (SSSR count). The molecule has 0 unspecified atom stereocenters. The highest BCUT2D eigenvalue weighted by molar-refractivity contribution is 7.99. The van der Waals surface area contributed by atoms with E-state index in [2.05, 4.69) is 4.98 Å². The topological polar surface area (TPSA) is 85.5 Å². The number of aromatic nitrogens is 1. The van der Waals surface area contributed by atoms with Gasteiger partial charge in [0.1, 0.15) is 0 Å². The SMILES string of the molecule is CCSc1ccccc1C(=O)O[C@@H](C)C(=O)c1[nH]c(C)c(C(=O)OC)c1C. The van der Waals surface area contributed by atoms with Crippen LogP contribution < -0.4 is 0 Å². The molecule has 0 aliphatic heterocycles. The van der Waals surface area contributed by atoms with E-state index in [4.69, 9.17) is 9.47 Å². The Kier molecular flexibility index (Phi) is 6.85. The Morgan fingerprint density at radius 1 is 1.15 bits per heavy atom. The number of hydrogen-bond acceptors (Lipinski definition) is 6. The van der Waals surface area contributed by atoms with Gasteiger partial charge in [0.15, 0.2) is 6.10 Å². The molecule has 1 N–H and O–H groups in total. The molecule has 0 bridgehead atoms. The molecule has 0 saturated heterocycles. The Bertz CT molecular complexity index is 871. The van der Waals surface area contributed by atoms with Crippen LogP contribution in [0.4, 0.5) is 0 Å². The van der Waals surface area contributed by atoms with Gasteiger partial charge in [-0.25, -0.2) is 9.59 Å². The number of H-pyrrole nitrogens is 1. The van der Waals surface area contributed by atoms with Crippen LogP contribution >= 0.6 is 11.8 Å². The monoisotopic (exact) mass is 389 g/mol. The first-order valence-corrected chi connectivity index (χ1v) is 9.54.